The number of rotatable bonds is 6. The first-order valence-electron chi connectivity index (χ1n) is 9.88. The number of hydrogen-bond donors (Lipinski definition) is 1. The van der Waals surface area contributed by atoms with Crippen molar-refractivity contribution in [3.05, 3.63) is 100 Å². The molecule has 0 saturated heterocycles. The Morgan fingerprint density at radius 3 is 2.41 bits per heavy atom. The standard InChI is InChI=1S/C23H19F3N4O2/c24-23(25,26)18-10-5-4-9-17(18)21(31)28-13-14-29-20-19(11-6-12-27-20)30(22(29)32)15-16-7-2-1-3-8-16/h1-12H,13-15H2,(H,28,31). The van der Waals surface area contributed by atoms with Crippen molar-refractivity contribution in [3.63, 3.8) is 0 Å². The minimum Gasteiger partial charge on any atom is -0.350 e. The molecule has 0 bridgehead atoms. The second kappa shape index (κ2) is 8.70. The Labute approximate surface area is 180 Å². The SMILES string of the molecule is O=C(NCCn1c(=O)n(Cc2ccccc2)c2cccnc21)c1ccccc1C(F)(F)F. The predicted molar refractivity (Wildman–Crippen MR) is 113 cm³/mol. The van der Waals surface area contributed by atoms with Crippen LogP contribution < -0.4 is 11.0 Å². The van der Waals surface area contributed by atoms with E-state index >= 15 is 0 Å². The molecule has 0 aliphatic carbocycles. The van der Waals surface area contributed by atoms with Crippen molar-refractivity contribution in [2.75, 3.05) is 6.54 Å². The van der Waals surface area contributed by atoms with E-state index in [1.54, 1.807) is 22.9 Å². The van der Waals surface area contributed by atoms with Crippen LogP contribution in [0.1, 0.15) is 21.5 Å². The number of pyridine rings is 1. The largest absolute Gasteiger partial charge is 0.417 e. The molecule has 4 rings (SSSR count). The van der Waals surface area contributed by atoms with Gasteiger partial charge in [-0.25, -0.2) is 9.78 Å². The van der Waals surface area contributed by atoms with Crippen LogP contribution in [0.4, 0.5) is 13.2 Å². The van der Waals surface area contributed by atoms with Crippen molar-refractivity contribution < 1.29 is 18.0 Å². The maximum absolute atomic E-state index is 13.2. The molecule has 0 fully saturated rings. The third kappa shape index (κ3) is 4.27. The molecule has 164 valence electrons. The lowest BCUT2D eigenvalue weighted by atomic mass is 10.1. The maximum atomic E-state index is 13.2. The van der Waals surface area contributed by atoms with E-state index in [4.69, 9.17) is 0 Å². The Kier molecular flexibility index (Phi) is 5.81. The summed E-state index contributed by atoms with van der Waals surface area (Å²) >= 11 is 0. The molecule has 2 aromatic carbocycles. The van der Waals surface area contributed by atoms with Crippen molar-refractivity contribution >= 4 is 17.1 Å². The molecule has 0 aliphatic rings. The second-order valence-electron chi connectivity index (χ2n) is 7.15. The van der Waals surface area contributed by atoms with E-state index in [2.05, 4.69) is 10.3 Å². The fraction of sp³-hybridized carbons (Fsp3) is 0.174. The van der Waals surface area contributed by atoms with Crippen molar-refractivity contribution in [1.82, 2.24) is 19.4 Å². The zero-order valence-corrected chi connectivity index (χ0v) is 16.8. The van der Waals surface area contributed by atoms with Gasteiger partial charge in [-0.05, 0) is 29.8 Å². The average Bonchev–Trinajstić information content (AvgIpc) is 3.05. The molecule has 0 aliphatic heterocycles. The highest BCUT2D eigenvalue weighted by atomic mass is 19.4. The molecule has 0 spiro atoms. The summed E-state index contributed by atoms with van der Waals surface area (Å²) in [6.07, 6.45) is -3.08. The van der Waals surface area contributed by atoms with Crippen LogP contribution in [-0.4, -0.2) is 26.6 Å². The van der Waals surface area contributed by atoms with E-state index in [9.17, 15) is 22.8 Å². The Morgan fingerprint density at radius 1 is 0.938 bits per heavy atom. The van der Waals surface area contributed by atoms with Gasteiger partial charge in [0.15, 0.2) is 5.65 Å². The van der Waals surface area contributed by atoms with Gasteiger partial charge in [0.1, 0.15) is 0 Å². The number of halogens is 3. The van der Waals surface area contributed by atoms with Gasteiger partial charge in [-0.3, -0.25) is 13.9 Å². The van der Waals surface area contributed by atoms with Crippen molar-refractivity contribution in [2.45, 2.75) is 19.3 Å². The molecule has 0 atom stereocenters. The topological polar surface area (TPSA) is 68.9 Å². The maximum Gasteiger partial charge on any atom is 0.417 e. The fourth-order valence-corrected chi connectivity index (χ4v) is 3.57. The molecule has 0 saturated carbocycles. The molecule has 0 unspecified atom stereocenters. The summed E-state index contributed by atoms with van der Waals surface area (Å²) in [5.74, 6) is -0.855. The summed E-state index contributed by atoms with van der Waals surface area (Å²) in [6, 6.07) is 17.6. The van der Waals surface area contributed by atoms with Crippen LogP contribution in [0, 0.1) is 0 Å². The number of benzene rings is 2. The zero-order chi connectivity index (χ0) is 22.7. The monoisotopic (exact) mass is 440 g/mol. The van der Waals surface area contributed by atoms with E-state index < -0.39 is 23.2 Å². The Morgan fingerprint density at radius 2 is 1.66 bits per heavy atom. The molecule has 32 heavy (non-hydrogen) atoms. The van der Waals surface area contributed by atoms with E-state index in [1.165, 1.54) is 16.7 Å². The third-order valence-electron chi connectivity index (χ3n) is 5.06. The van der Waals surface area contributed by atoms with Gasteiger partial charge in [0.05, 0.1) is 23.2 Å². The number of aromatic nitrogens is 3. The molecule has 1 N–H and O–H groups in total. The summed E-state index contributed by atoms with van der Waals surface area (Å²) in [7, 11) is 0. The predicted octanol–water partition coefficient (Wildman–Crippen LogP) is 3.70. The molecule has 2 heterocycles. The van der Waals surface area contributed by atoms with E-state index in [0.29, 0.717) is 17.7 Å². The summed E-state index contributed by atoms with van der Waals surface area (Å²) in [6.45, 7) is 0.375. The van der Waals surface area contributed by atoms with Crippen LogP contribution >= 0.6 is 0 Å². The van der Waals surface area contributed by atoms with Crippen LogP contribution in [0.3, 0.4) is 0 Å². The Balaban J connectivity index is 1.55. The van der Waals surface area contributed by atoms with Gasteiger partial charge in [-0.2, -0.15) is 13.2 Å². The Bertz CT molecular complexity index is 1310. The molecule has 6 nitrogen and oxygen atoms in total. The summed E-state index contributed by atoms with van der Waals surface area (Å²) in [5, 5.41) is 2.48. The van der Waals surface area contributed by atoms with Gasteiger partial charge in [0.2, 0.25) is 0 Å². The van der Waals surface area contributed by atoms with Crippen molar-refractivity contribution in [1.29, 1.82) is 0 Å². The van der Waals surface area contributed by atoms with E-state index in [1.807, 2.05) is 30.3 Å². The van der Waals surface area contributed by atoms with Crippen LogP contribution in [-0.2, 0) is 19.3 Å². The quantitative estimate of drug-likeness (QED) is 0.497. The van der Waals surface area contributed by atoms with Crippen LogP contribution in [0.5, 0.6) is 0 Å². The first-order chi connectivity index (χ1) is 15.4. The highest BCUT2D eigenvalue weighted by Crippen LogP contribution is 2.31. The van der Waals surface area contributed by atoms with Crippen LogP contribution in [0.25, 0.3) is 11.2 Å². The molecular weight excluding hydrogens is 421 g/mol. The average molecular weight is 440 g/mol. The minimum atomic E-state index is -4.64. The first kappa shape index (κ1) is 21.4. The molecule has 4 aromatic rings. The molecular formula is C23H19F3N4O2. The number of carbonyl (C=O) groups excluding carboxylic acids is 1. The number of nitrogens with one attached hydrogen (secondary N) is 1. The minimum absolute atomic E-state index is 0.0358. The smallest absolute Gasteiger partial charge is 0.350 e. The molecule has 2 aromatic heterocycles. The normalized spacial score (nSPS) is 11.6. The lowest BCUT2D eigenvalue weighted by Gasteiger charge is -2.12. The number of hydrogen-bond acceptors (Lipinski definition) is 3. The molecule has 0 radical (unpaired) electrons. The van der Waals surface area contributed by atoms with Gasteiger partial charge < -0.3 is 5.32 Å². The third-order valence-corrected chi connectivity index (χ3v) is 5.06. The molecule has 9 heteroatoms. The Hall–Kier alpha value is -3.88. The van der Waals surface area contributed by atoms with Gasteiger partial charge in [-0.1, -0.05) is 42.5 Å². The van der Waals surface area contributed by atoms with Gasteiger partial charge in [0, 0.05) is 19.3 Å². The fourth-order valence-electron chi connectivity index (χ4n) is 3.57. The van der Waals surface area contributed by atoms with Gasteiger partial charge in [-0.15, -0.1) is 0 Å². The summed E-state index contributed by atoms with van der Waals surface area (Å²) in [4.78, 5) is 29.7. The van der Waals surface area contributed by atoms with Crippen molar-refractivity contribution in [3.8, 4) is 0 Å². The number of imidazole rings is 1. The van der Waals surface area contributed by atoms with E-state index in [-0.39, 0.29) is 18.8 Å². The number of fused-ring (bicyclic) bond motifs is 1. The zero-order valence-electron chi connectivity index (χ0n) is 16.8. The van der Waals surface area contributed by atoms with Gasteiger partial charge >= 0.3 is 11.9 Å². The lowest BCUT2D eigenvalue weighted by molar-refractivity contribution is -0.137. The van der Waals surface area contributed by atoms with Crippen molar-refractivity contribution in [2.24, 2.45) is 0 Å². The number of nitrogens with zero attached hydrogens (tertiary/aromatic N) is 3. The second-order valence-corrected chi connectivity index (χ2v) is 7.15. The number of carbonyl (C=O) groups is 1. The van der Waals surface area contributed by atoms with Crippen LogP contribution in [0.2, 0.25) is 0 Å². The van der Waals surface area contributed by atoms with E-state index in [0.717, 1.165) is 17.7 Å². The number of alkyl halides is 3. The first-order valence-corrected chi connectivity index (χ1v) is 9.88. The number of amides is 1. The van der Waals surface area contributed by atoms with Crippen LogP contribution in [0.15, 0.2) is 77.7 Å². The summed E-state index contributed by atoms with van der Waals surface area (Å²) in [5.41, 5.74) is 0.239. The highest BCUT2D eigenvalue weighted by molar-refractivity contribution is 5.95. The van der Waals surface area contributed by atoms with Gasteiger partial charge in [0.25, 0.3) is 5.91 Å². The molecule has 1 amide bonds. The summed E-state index contributed by atoms with van der Waals surface area (Å²) < 4.78 is 42.5. The highest BCUT2D eigenvalue weighted by Gasteiger charge is 2.34. The lowest BCUT2D eigenvalue weighted by Crippen LogP contribution is -2.32.